The number of carbonyl (C=O) groups is 1. The summed E-state index contributed by atoms with van der Waals surface area (Å²) < 4.78 is 1.61. The Morgan fingerprint density at radius 1 is 1.73 bits per heavy atom. The number of nitrogens with one attached hydrogen (secondary N) is 1. The Kier molecular flexibility index (Phi) is 4.51. The number of aromatic nitrogens is 3. The second-order valence-corrected chi connectivity index (χ2v) is 3.07. The van der Waals surface area contributed by atoms with Gasteiger partial charge in [0.1, 0.15) is 5.69 Å². The first-order valence-corrected chi connectivity index (χ1v) is 4.85. The molecule has 0 radical (unpaired) electrons. The molecule has 80 valence electrons. The predicted molar refractivity (Wildman–Crippen MR) is 56.3 cm³/mol. The summed E-state index contributed by atoms with van der Waals surface area (Å²) in [5.41, 5.74) is 0.529. The Bertz CT molecular complexity index is 364. The van der Waals surface area contributed by atoms with Gasteiger partial charge >= 0.3 is 0 Å². The standard InChI is InChI=1S/C10H14N4O/c1-3-5-11-8-10(15)9-7-12-13-14(9)6-4-2/h1,7,11H,4-6,8H2,2H3. The van der Waals surface area contributed by atoms with Crippen molar-refractivity contribution in [3.63, 3.8) is 0 Å². The van der Waals surface area contributed by atoms with Crippen molar-refractivity contribution < 1.29 is 4.79 Å². The highest BCUT2D eigenvalue weighted by Gasteiger charge is 2.11. The molecule has 0 spiro atoms. The first-order chi connectivity index (χ1) is 7.29. The average molecular weight is 206 g/mol. The second-order valence-electron chi connectivity index (χ2n) is 3.07. The van der Waals surface area contributed by atoms with Gasteiger partial charge in [0.05, 0.1) is 19.3 Å². The minimum atomic E-state index is -0.0382. The van der Waals surface area contributed by atoms with E-state index in [1.807, 2.05) is 6.92 Å². The summed E-state index contributed by atoms with van der Waals surface area (Å²) in [5, 5.41) is 10.4. The van der Waals surface area contributed by atoms with Crippen LogP contribution in [-0.4, -0.2) is 33.9 Å². The molecule has 5 nitrogen and oxygen atoms in total. The highest BCUT2D eigenvalue weighted by Crippen LogP contribution is 1.98. The monoisotopic (exact) mass is 206 g/mol. The van der Waals surface area contributed by atoms with Crippen molar-refractivity contribution in [3.05, 3.63) is 11.9 Å². The van der Waals surface area contributed by atoms with E-state index in [0.717, 1.165) is 6.42 Å². The summed E-state index contributed by atoms with van der Waals surface area (Å²) >= 11 is 0. The summed E-state index contributed by atoms with van der Waals surface area (Å²) in [7, 11) is 0. The van der Waals surface area contributed by atoms with Crippen molar-refractivity contribution in [3.8, 4) is 12.3 Å². The minimum Gasteiger partial charge on any atom is -0.299 e. The Balaban J connectivity index is 2.57. The van der Waals surface area contributed by atoms with E-state index < -0.39 is 0 Å². The van der Waals surface area contributed by atoms with Crippen LogP contribution >= 0.6 is 0 Å². The molecule has 0 unspecified atom stereocenters. The maximum Gasteiger partial charge on any atom is 0.196 e. The van der Waals surface area contributed by atoms with E-state index in [4.69, 9.17) is 6.42 Å². The first kappa shape index (κ1) is 11.4. The van der Waals surface area contributed by atoms with Gasteiger partial charge in [0, 0.05) is 6.54 Å². The van der Waals surface area contributed by atoms with Gasteiger partial charge in [-0.15, -0.1) is 11.5 Å². The molecule has 0 amide bonds. The summed E-state index contributed by atoms with van der Waals surface area (Å²) in [4.78, 5) is 11.6. The topological polar surface area (TPSA) is 59.8 Å². The zero-order chi connectivity index (χ0) is 11.1. The number of nitrogens with zero attached hydrogens (tertiary/aromatic N) is 3. The molecule has 0 saturated carbocycles. The van der Waals surface area contributed by atoms with Gasteiger partial charge in [0.2, 0.25) is 0 Å². The van der Waals surface area contributed by atoms with Crippen LogP contribution < -0.4 is 5.32 Å². The highest BCUT2D eigenvalue weighted by atomic mass is 16.1. The minimum absolute atomic E-state index is 0.0382. The smallest absolute Gasteiger partial charge is 0.196 e. The maximum atomic E-state index is 11.6. The van der Waals surface area contributed by atoms with Crippen LogP contribution in [0.5, 0.6) is 0 Å². The van der Waals surface area contributed by atoms with Crippen molar-refractivity contribution in [1.29, 1.82) is 0 Å². The van der Waals surface area contributed by atoms with E-state index >= 15 is 0 Å². The van der Waals surface area contributed by atoms with Crippen LogP contribution in [0, 0.1) is 12.3 Å². The predicted octanol–water partition coefficient (Wildman–Crippen LogP) is 0.0936. The lowest BCUT2D eigenvalue weighted by molar-refractivity contribution is 0.0982. The molecule has 15 heavy (non-hydrogen) atoms. The molecular weight excluding hydrogens is 192 g/mol. The number of rotatable bonds is 6. The van der Waals surface area contributed by atoms with Crippen molar-refractivity contribution in [2.75, 3.05) is 13.1 Å². The van der Waals surface area contributed by atoms with E-state index in [-0.39, 0.29) is 12.3 Å². The third-order valence-electron chi connectivity index (χ3n) is 1.85. The summed E-state index contributed by atoms with van der Waals surface area (Å²) in [6, 6.07) is 0. The lowest BCUT2D eigenvalue weighted by Crippen LogP contribution is -2.25. The van der Waals surface area contributed by atoms with Crippen molar-refractivity contribution in [2.24, 2.45) is 0 Å². The highest BCUT2D eigenvalue weighted by molar-refractivity contribution is 5.95. The zero-order valence-corrected chi connectivity index (χ0v) is 8.73. The quantitative estimate of drug-likeness (QED) is 0.407. The second kappa shape index (κ2) is 5.94. The van der Waals surface area contributed by atoms with E-state index in [1.165, 1.54) is 6.20 Å². The summed E-state index contributed by atoms with van der Waals surface area (Å²) in [5.74, 6) is 2.37. The van der Waals surface area contributed by atoms with Crippen molar-refractivity contribution in [1.82, 2.24) is 20.3 Å². The number of hydrogen-bond acceptors (Lipinski definition) is 4. The van der Waals surface area contributed by atoms with Gasteiger partial charge in [0.15, 0.2) is 5.78 Å². The molecule has 1 aromatic rings. The third-order valence-corrected chi connectivity index (χ3v) is 1.85. The van der Waals surface area contributed by atoms with E-state index in [2.05, 4.69) is 21.5 Å². The van der Waals surface area contributed by atoms with Crippen LogP contribution in [0.4, 0.5) is 0 Å². The average Bonchev–Trinajstić information content (AvgIpc) is 2.67. The number of hydrogen-bond donors (Lipinski definition) is 1. The molecule has 1 aromatic heterocycles. The molecule has 0 fully saturated rings. The molecule has 0 aromatic carbocycles. The van der Waals surface area contributed by atoms with Gasteiger partial charge in [-0.3, -0.25) is 10.1 Å². The number of terminal acetylenes is 1. The fourth-order valence-electron chi connectivity index (χ4n) is 1.19. The largest absolute Gasteiger partial charge is 0.299 e. The molecule has 1 heterocycles. The Morgan fingerprint density at radius 2 is 2.53 bits per heavy atom. The first-order valence-electron chi connectivity index (χ1n) is 4.85. The third kappa shape index (κ3) is 3.18. The zero-order valence-electron chi connectivity index (χ0n) is 8.73. The van der Waals surface area contributed by atoms with Crippen LogP contribution in [0.2, 0.25) is 0 Å². The fraction of sp³-hybridized carbons (Fsp3) is 0.500. The Hall–Kier alpha value is -1.67. The number of carbonyl (C=O) groups excluding carboxylic acids is 1. The molecule has 5 heteroatoms. The molecule has 1 N–H and O–H groups in total. The molecule has 0 bridgehead atoms. The Morgan fingerprint density at radius 3 is 3.20 bits per heavy atom. The number of aryl methyl sites for hydroxylation is 1. The SMILES string of the molecule is C#CCNCC(=O)c1cnnn1CCC. The van der Waals surface area contributed by atoms with Gasteiger partial charge in [-0.1, -0.05) is 18.1 Å². The molecule has 1 rings (SSSR count). The van der Waals surface area contributed by atoms with Crippen LogP contribution in [0.15, 0.2) is 6.20 Å². The molecule has 0 saturated heterocycles. The molecule has 0 atom stereocenters. The maximum absolute atomic E-state index is 11.6. The van der Waals surface area contributed by atoms with Crippen LogP contribution in [-0.2, 0) is 6.54 Å². The van der Waals surface area contributed by atoms with Gasteiger partial charge in [-0.05, 0) is 6.42 Å². The van der Waals surface area contributed by atoms with Gasteiger partial charge in [-0.25, -0.2) is 4.68 Å². The van der Waals surface area contributed by atoms with E-state index in [9.17, 15) is 4.79 Å². The van der Waals surface area contributed by atoms with Gasteiger partial charge in [0.25, 0.3) is 0 Å². The molecule has 0 aliphatic carbocycles. The molecule has 0 aliphatic heterocycles. The summed E-state index contributed by atoms with van der Waals surface area (Å²) in [6.45, 7) is 3.34. The van der Waals surface area contributed by atoms with Crippen LogP contribution in [0.25, 0.3) is 0 Å². The van der Waals surface area contributed by atoms with Crippen molar-refractivity contribution in [2.45, 2.75) is 19.9 Å². The number of ketones is 1. The van der Waals surface area contributed by atoms with Gasteiger partial charge in [-0.2, -0.15) is 0 Å². The fourth-order valence-corrected chi connectivity index (χ4v) is 1.19. The normalized spacial score (nSPS) is 9.87. The van der Waals surface area contributed by atoms with Crippen LogP contribution in [0.1, 0.15) is 23.8 Å². The Labute approximate surface area is 88.9 Å². The number of Topliss-reactive ketones (excluding diaryl/α,β-unsaturated/α-hetero) is 1. The van der Waals surface area contributed by atoms with Gasteiger partial charge < -0.3 is 0 Å². The molecule has 0 aliphatic rings. The molecular formula is C10H14N4O. The summed E-state index contributed by atoms with van der Waals surface area (Å²) in [6.07, 6.45) is 7.46. The van der Waals surface area contributed by atoms with E-state index in [1.54, 1.807) is 4.68 Å². The lowest BCUT2D eigenvalue weighted by atomic mass is 10.3. The van der Waals surface area contributed by atoms with Crippen molar-refractivity contribution >= 4 is 5.78 Å². The lowest BCUT2D eigenvalue weighted by Gasteiger charge is -2.03. The van der Waals surface area contributed by atoms with Crippen LogP contribution in [0.3, 0.4) is 0 Å². The van der Waals surface area contributed by atoms with E-state index in [0.29, 0.717) is 18.8 Å².